The molecular weight excluding hydrogens is 172 g/mol. The lowest BCUT2D eigenvalue weighted by atomic mass is 10.1. The van der Waals surface area contributed by atoms with Crippen LogP contribution in [0.15, 0.2) is 0 Å². The second-order valence-electron chi connectivity index (χ2n) is 4.54. The first-order valence-electron chi connectivity index (χ1n) is 5.78. The Morgan fingerprint density at radius 3 is 2.93 bits per heavy atom. The third kappa shape index (κ3) is 2.73. The molecule has 1 unspecified atom stereocenters. The molecule has 0 aromatic rings. The molecule has 1 heterocycles. The molecule has 1 saturated heterocycles. The molecule has 14 heavy (non-hydrogen) atoms. The topological polar surface area (TPSA) is 15.3 Å². The fourth-order valence-electron chi connectivity index (χ4n) is 2.27. The molecule has 2 nitrogen and oxygen atoms in total. The quantitative estimate of drug-likeness (QED) is 0.518. The molecule has 0 spiro atoms. The minimum Gasteiger partial charge on any atom is -0.315 e. The maximum atomic E-state index is 5.19. The van der Waals surface area contributed by atoms with E-state index in [1.54, 1.807) is 0 Å². The summed E-state index contributed by atoms with van der Waals surface area (Å²) in [5.74, 6) is 3.53. The largest absolute Gasteiger partial charge is 0.315 e. The van der Waals surface area contributed by atoms with Crippen LogP contribution in [0.5, 0.6) is 0 Å². The second kappa shape index (κ2) is 4.82. The van der Waals surface area contributed by atoms with Gasteiger partial charge in [0.2, 0.25) is 0 Å². The van der Waals surface area contributed by atoms with Crippen LogP contribution >= 0.6 is 0 Å². The van der Waals surface area contributed by atoms with E-state index in [0.717, 1.165) is 31.5 Å². The number of rotatable bonds is 5. The molecule has 1 atom stereocenters. The van der Waals surface area contributed by atoms with E-state index in [4.69, 9.17) is 6.42 Å². The Hall–Kier alpha value is -0.520. The summed E-state index contributed by atoms with van der Waals surface area (Å²) in [6.45, 7) is 4.78. The molecule has 1 N–H and O–H groups in total. The van der Waals surface area contributed by atoms with Crippen molar-refractivity contribution >= 4 is 0 Å². The fourth-order valence-corrected chi connectivity index (χ4v) is 2.27. The highest BCUT2D eigenvalue weighted by atomic mass is 15.2. The maximum absolute atomic E-state index is 5.19. The number of hydrogen-bond acceptors (Lipinski definition) is 2. The first-order chi connectivity index (χ1) is 6.90. The minimum absolute atomic E-state index is 0.860. The van der Waals surface area contributed by atoms with Crippen molar-refractivity contribution in [1.29, 1.82) is 0 Å². The Balaban J connectivity index is 1.57. The Morgan fingerprint density at radius 2 is 2.21 bits per heavy atom. The maximum Gasteiger partial charge on any atom is 0.0211 e. The summed E-state index contributed by atoms with van der Waals surface area (Å²) in [6, 6.07) is 0.950. The molecular formula is C12H20N2. The lowest BCUT2D eigenvalue weighted by Crippen LogP contribution is -2.28. The van der Waals surface area contributed by atoms with Crippen LogP contribution in [0.3, 0.4) is 0 Å². The highest BCUT2D eigenvalue weighted by Crippen LogP contribution is 2.31. The zero-order valence-electron chi connectivity index (χ0n) is 8.84. The first-order valence-corrected chi connectivity index (χ1v) is 5.78. The van der Waals surface area contributed by atoms with E-state index in [1.165, 1.54) is 32.4 Å². The first kappa shape index (κ1) is 10.0. The zero-order valence-corrected chi connectivity index (χ0v) is 8.84. The number of likely N-dealkylation sites (tertiary alicyclic amines) is 1. The van der Waals surface area contributed by atoms with Crippen molar-refractivity contribution in [3.05, 3.63) is 0 Å². The van der Waals surface area contributed by atoms with Gasteiger partial charge in [-0.1, -0.05) is 0 Å². The van der Waals surface area contributed by atoms with Gasteiger partial charge >= 0.3 is 0 Å². The third-order valence-electron chi connectivity index (χ3n) is 3.26. The monoisotopic (exact) mass is 192 g/mol. The summed E-state index contributed by atoms with van der Waals surface area (Å²) in [4.78, 5) is 2.66. The second-order valence-corrected chi connectivity index (χ2v) is 4.54. The Morgan fingerprint density at radius 1 is 1.36 bits per heavy atom. The summed E-state index contributed by atoms with van der Waals surface area (Å²) in [6.07, 6.45) is 10.3. The van der Waals surface area contributed by atoms with Crippen LogP contribution < -0.4 is 5.32 Å². The molecule has 2 aliphatic rings. The van der Waals surface area contributed by atoms with Gasteiger partial charge in [0.25, 0.3) is 0 Å². The van der Waals surface area contributed by atoms with Crippen LogP contribution in [0, 0.1) is 18.3 Å². The normalized spacial score (nSPS) is 27.8. The lowest BCUT2D eigenvalue weighted by Gasteiger charge is -2.14. The van der Waals surface area contributed by atoms with E-state index in [0.29, 0.717) is 0 Å². The number of hydrogen-bond donors (Lipinski definition) is 1. The van der Waals surface area contributed by atoms with Gasteiger partial charge in [0.15, 0.2) is 0 Å². The summed E-state index contributed by atoms with van der Waals surface area (Å²) in [5, 5.41) is 3.44. The van der Waals surface area contributed by atoms with Crippen molar-refractivity contribution in [3.8, 4) is 12.3 Å². The van der Waals surface area contributed by atoms with Crippen LogP contribution in [0.2, 0.25) is 0 Å². The van der Waals surface area contributed by atoms with Crippen molar-refractivity contribution in [1.82, 2.24) is 10.2 Å². The summed E-state index contributed by atoms with van der Waals surface area (Å²) in [7, 11) is 0. The predicted molar refractivity (Wildman–Crippen MR) is 59.0 cm³/mol. The van der Waals surface area contributed by atoms with Crippen molar-refractivity contribution in [2.24, 2.45) is 5.92 Å². The summed E-state index contributed by atoms with van der Waals surface area (Å²) in [5.41, 5.74) is 0. The SMILES string of the molecule is C#CCCNCC1CCN(C2CC2)C1. The molecule has 1 aliphatic heterocycles. The number of nitrogens with zero attached hydrogens (tertiary/aromatic N) is 1. The zero-order chi connectivity index (χ0) is 9.80. The van der Waals surface area contributed by atoms with Gasteiger partial charge in [0.1, 0.15) is 0 Å². The molecule has 0 aromatic heterocycles. The van der Waals surface area contributed by atoms with Crippen molar-refractivity contribution in [3.63, 3.8) is 0 Å². The molecule has 1 saturated carbocycles. The van der Waals surface area contributed by atoms with E-state index in [1.807, 2.05) is 0 Å². The van der Waals surface area contributed by atoms with Crippen molar-refractivity contribution < 1.29 is 0 Å². The Bertz CT molecular complexity index is 215. The average molecular weight is 192 g/mol. The molecule has 0 bridgehead atoms. The fraction of sp³-hybridized carbons (Fsp3) is 0.833. The molecule has 2 heteroatoms. The van der Waals surface area contributed by atoms with Gasteiger partial charge < -0.3 is 10.2 Å². The summed E-state index contributed by atoms with van der Waals surface area (Å²) >= 11 is 0. The molecule has 0 aromatic carbocycles. The molecule has 2 rings (SSSR count). The standard InChI is InChI=1S/C12H20N2/c1-2-3-7-13-9-11-6-8-14(10-11)12-4-5-12/h1,11-13H,3-10H2. The number of nitrogens with one attached hydrogen (secondary N) is 1. The minimum atomic E-state index is 0.860. The van der Waals surface area contributed by atoms with E-state index in [-0.39, 0.29) is 0 Å². The molecule has 2 fully saturated rings. The lowest BCUT2D eigenvalue weighted by molar-refractivity contribution is 0.312. The van der Waals surface area contributed by atoms with Crippen LogP contribution in [0.4, 0.5) is 0 Å². The highest BCUT2D eigenvalue weighted by Gasteiger charge is 2.33. The van der Waals surface area contributed by atoms with Gasteiger partial charge in [-0.25, -0.2) is 0 Å². The van der Waals surface area contributed by atoms with Gasteiger partial charge in [-0.2, -0.15) is 0 Å². The molecule has 0 amide bonds. The van der Waals surface area contributed by atoms with Crippen LogP contribution in [0.25, 0.3) is 0 Å². The van der Waals surface area contributed by atoms with Gasteiger partial charge in [-0.05, 0) is 38.3 Å². The van der Waals surface area contributed by atoms with Crippen molar-refractivity contribution in [2.75, 3.05) is 26.2 Å². The van der Waals surface area contributed by atoms with E-state index in [2.05, 4.69) is 16.1 Å². The number of terminal acetylenes is 1. The predicted octanol–water partition coefficient (Wildman–Crippen LogP) is 1.08. The Labute approximate surface area is 87.1 Å². The summed E-state index contributed by atoms with van der Waals surface area (Å²) < 4.78 is 0. The highest BCUT2D eigenvalue weighted by molar-refractivity contribution is 4.90. The van der Waals surface area contributed by atoms with Crippen molar-refractivity contribution in [2.45, 2.75) is 31.7 Å². The van der Waals surface area contributed by atoms with E-state index < -0.39 is 0 Å². The van der Waals surface area contributed by atoms with E-state index in [9.17, 15) is 0 Å². The van der Waals surface area contributed by atoms with Gasteiger partial charge in [-0.15, -0.1) is 12.3 Å². The Kier molecular flexibility index (Phi) is 3.44. The van der Waals surface area contributed by atoms with Gasteiger partial charge in [0.05, 0.1) is 0 Å². The van der Waals surface area contributed by atoms with E-state index >= 15 is 0 Å². The van der Waals surface area contributed by atoms with Gasteiger partial charge in [-0.3, -0.25) is 0 Å². The van der Waals surface area contributed by atoms with Crippen LogP contribution in [0.1, 0.15) is 25.7 Å². The average Bonchev–Trinajstić information content (AvgIpc) is 2.94. The van der Waals surface area contributed by atoms with Gasteiger partial charge in [0, 0.05) is 25.6 Å². The third-order valence-corrected chi connectivity index (χ3v) is 3.26. The smallest absolute Gasteiger partial charge is 0.0211 e. The van der Waals surface area contributed by atoms with Crippen LogP contribution in [-0.4, -0.2) is 37.1 Å². The molecule has 0 radical (unpaired) electrons. The molecule has 1 aliphatic carbocycles. The molecule has 78 valence electrons. The van der Waals surface area contributed by atoms with Crippen LogP contribution in [-0.2, 0) is 0 Å².